The number of hydrogen-bond donors (Lipinski definition) is 1. The van der Waals surface area contributed by atoms with Gasteiger partial charge in [0.2, 0.25) is 11.8 Å². The minimum Gasteiger partial charge on any atom is -0.339 e. The number of likely N-dealkylation sites (tertiary alicyclic amines) is 1. The van der Waals surface area contributed by atoms with E-state index in [1.807, 2.05) is 28.0 Å². The van der Waals surface area contributed by atoms with Crippen molar-refractivity contribution in [2.75, 3.05) is 24.7 Å². The van der Waals surface area contributed by atoms with Gasteiger partial charge in [-0.3, -0.25) is 9.59 Å². The lowest BCUT2D eigenvalue weighted by Gasteiger charge is -2.29. The third-order valence-electron chi connectivity index (χ3n) is 6.06. The number of nitrogens with zero attached hydrogens (tertiary/aromatic N) is 2. The third-order valence-corrected chi connectivity index (χ3v) is 7.07. The van der Waals surface area contributed by atoms with Crippen molar-refractivity contribution >= 4 is 23.6 Å². The van der Waals surface area contributed by atoms with E-state index >= 15 is 0 Å². The molecule has 1 aromatic rings. The van der Waals surface area contributed by atoms with Gasteiger partial charge in [0.1, 0.15) is 6.04 Å². The van der Waals surface area contributed by atoms with Crippen molar-refractivity contribution in [1.29, 1.82) is 0 Å². The minimum absolute atomic E-state index is 0.0469. The normalized spacial score (nSPS) is 29.5. The molecule has 3 fully saturated rings. The molecule has 3 atom stereocenters. The van der Waals surface area contributed by atoms with Crippen LogP contribution < -0.4 is 5.73 Å². The highest BCUT2D eigenvalue weighted by atomic mass is 32.2. The molecule has 140 valence electrons. The van der Waals surface area contributed by atoms with Gasteiger partial charge in [0, 0.05) is 36.7 Å². The van der Waals surface area contributed by atoms with Gasteiger partial charge in [-0.05, 0) is 18.4 Å². The SMILES string of the molecule is N[C@@H]1CN(C(=O)C2CSCN2C(=O)C2CCCC2)C[C@H]1c1ccccc1. The van der Waals surface area contributed by atoms with Gasteiger partial charge in [-0.25, -0.2) is 0 Å². The van der Waals surface area contributed by atoms with Crippen LogP contribution in [0.1, 0.15) is 37.2 Å². The van der Waals surface area contributed by atoms with E-state index < -0.39 is 0 Å². The molecule has 0 radical (unpaired) electrons. The van der Waals surface area contributed by atoms with E-state index in [2.05, 4.69) is 12.1 Å². The van der Waals surface area contributed by atoms with Gasteiger partial charge in [-0.15, -0.1) is 11.8 Å². The smallest absolute Gasteiger partial charge is 0.246 e. The van der Waals surface area contributed by atoms with Crippen LogP contribution in [0.4, 0.5) is 0 Å². The molecule has 26 heavy (non-hydrogen) atoms. The second kappa shape index (κ2) is 7.61. The summed E-state index contributed by atoms with van der Waals surface area (Å²) in [6.45, 7) is 1.22. The molecule has 1 aromatic carbocycles. The summed E-state index contributed by atoms with van der Waals surface area (Å²) in [5, 5.41) is 0. The van der Waals surface area contributed by atoms with Crippen molar-refractivity contribution in [3.8, 4) is 0 Å². The van der Waals surface area contributed by atoms with Gasteiger partial charge in [-0.1, -0.05) is 43.2 Å². The number of nitrogens with two attached hydrogens (primary N) is 1. The lowest BCUT2D eigenvalue weighted by Crippen LogP contribution is -2.50. The molecule has 4 rings (SSSR count). The maximum absolute atomic E-state index is 13.2. The van der Waals surface area contributed by atoms with Crippen LogP contribution in [-0.2, 0) is 9.59 Å². The van der Waals surface area contributed by atoms with Crippen LogP contribution in [0.3, 0.4) is 0 Å². The second-order valence-electron chi connectivity index (χ2n) is 7.73. The Morgan fingerprint density at radius 2 is 1.77 bits per heavy atom. The standard InChI is InChI=1S/C20H27N3O2S/c21-17-11-22(10-16(17)14-6-2-1-3-7-14)20(25)18-12-26-13-23(18)19(24)15-8-4-5-9-15/h1-3,6-7,15-18H,4-5,8-13,21H2/t16-,17+,18?/m0/s1. The van der Waals surface area contributed by atoms with E-state index in [-0.39, 0.29) is 35.7 Å². The number of amides is 2. The van der Waals surface area contributed by atoms with Crippen molar-refractivity contribution in [2.45, 2.75) is 43.7 Å². The lowest BCUT2D eigenvalue weighted by molar-refractivity contribution is -0.145. The first kappa shape index (κ1) is 17.9. The monoisotopic (exact) mass is 373 g/mol. The van der Waals surface area contributed by atoms with E-state index in [9.17, 15) is 9.59 Å². The van der Waals surface area contributed by atoms with E-state index in [0.717, 1.165) is 25.7 Å². The molecule has 2 amide bonds. The van der Waals surface area contributed by atoms with Crippen LogP contribution >= 0.6 is 11.8 Å². The minimum atomic E-state index is -0.310. The number of rotatable bonds is 3. The van der Waals surface area contributed by atoms with Crippen molar-refractivity contribution in [3.05, 3.63) is 35.9 Å². The molecule has 2 heterocycles. The maximum Gasteiger partial charge on any atom is 0.246 e. The molecular formula is C20H27N3O2S. The molecule has 2 N–H and O–H groups in total. The van der Waals surface area contributed by atoms with Gasteiger partial charge in [0.15, 0.2) is 0 Å². The first-order valence-electron chi connectivity index (χ1n) is 9.62. The predicted molar refractivity (Wildman–Crippen MR) is 104 cm³/mol. The Kier molecular flexibility index (Phi) is 5.23. The summed E-state index contributed by atoms with van der Waals surface area (Å²) >= 11 is 1.69. The molecule has 0 bridgehead atoms. The van der Waals surface area contributed by atoms with Crippen molar-refractivity contribution in [2.24, 2.45) is 11.7 Å². The number of thioether (sulfide) groups is 1. The van der Waals surface area contributed by atoms with E-state index in [0.29, 0.717) is 24.7 Å². The van der Waals surface area contributed by atoms with Gasteiger partial charge in [0.25, 0.3) is 0 Å². The molecular weight excluding hydrogens is 346 g/mol. The van der Waals surface area contributed by atoms with E-state index in [1.54, 1.807) is 11.8 Å². The predicted octanol–water partition coefficient (Wildman–Crippen LogP) is 2.03. The quantitative estimate of drug-likeness (QED) is 0.880. The Morgan fingerprint density at radius 3 is 2.50 bits per heavy atom. The zero-order valence-corrected chi connectivity index (χ0v) is 15.9. The molecule has 5 nitrogen and oxygen atoms in total. The van der Waals surface area contributed by atoms with Gasteiger partial charge in [-0.2, -0.15) is 0 Å². The molecule has 6 heteroatoms. The lowest BCUT2D eigenvalue weighted by atomic mass is 9.95. The van der Waals surface area contributed by atoms with Gasteiger partial charge in [0.05, 0.1) is 5.88 Å². The summed E-state index contributed by atoms with van der Waals surface area (Å²) in [4.78, 5) is 29.7. The number of carbonyl (C=O) groups is 2. The van der Waals surface area contributed by atoms with Crippen molar-refractivity contribution in [1.82, 2.24) is 9.80 Å². The molecule has 2 saturated heterocycles. The Morgan fingerprint density at radius 1 is 1.04 bits per heavy atom. The summed E-state index contributed by atoms with van der Waals surface area (Å²) in [5.74, 6) is 1.92. The fourth-order valence-corrected chi connectivity index (χ4v) is 5.70. The second-order valence-corrected chi connectivity index (χ2v) is 8.73. The summed E-state index contributed by atoms with van der Waals surface area (Å²) in [6.07, 6.45) is 4.22. The van der Waals surface area contributed by atoms with E-state index in [1.165, 1.54) is 5.56 Å². The first-order chi connectivity index (χ1) is 12.6. The zero-order chi connectivity index (χ0) is 18.1. The molecule has 0 spiro atoms. The summed E-state index contributed by atoms with van der Waals surface area (Å²) in [6, 6.07) is 9.84. The van der Waals surface area contributed by atoms with E-state index in [4.69, 9.17) is 5.73 Å². The number of hydrogen-bond acceptors (Lipinski definition) is 4. The van der Waals surface area contributed by atoms with Crippen LogP contribution in [0.25, 0.3) is 0 Å². The molecule has 1 saturated carbocycles. The largest absolute Gasteiger partial charge is 0.339 e. The van der Waals surface area contributed by atoms with Crippen LogP contribution in [0.2, 0.25) is 0 Å². The molecule has 1 unspecified atom stereocenters. The maximum atomic E-state index is 13.2. The molecule has 3 aliphatic rings. The first-order valence-corrected chi connectivity index (χ1v) is 10.8. The Balaban J connectivity index is 1.44. The fraction of sp³-hybridized carbons (Fsp3) is 0.600. The van der Waals surface area contributed by atoms with Crippen LogP contribution in [0.15, 0.2) is 30.3 Å². The highest BCUT2D eigenvalue weighted by Gasteiger charge is 2.43. The molecule has 2 aliphatic heterocycles. The van der Waals surface area contributed by atoms with Crippen LogP contribution in [-0.4, -0.2) is 58.4 Å². The summed E-state index contributed by atoms with van der Waals surface area (Å²) in [5.41, 5.74) is 7.54. The average molecular weight is 374 g/mol. The highest BCUT2D eigenvalue weighted by Crippen LogP contribution is 2.33. The third kappa shape index (κ3) is 3.37. The van der Waals surface area contributed by atoms with Crippen molar-refractivity contribution in [3.63, 3.8) is 0 Å². The Bertz CT molecular complexity index is 662. The Hall–Kier alpha value is -1.53. The fourth-order valence-electron chi connectivity index (χ4n) is 4.54. The highest BCUT2D eigenvalue weighted by molar-refractivity contribution is 7.99. The van der Waals surface area contributed by atoms with Gasteiger partial charge < -0.3 is 15.5 Å². The topological polar surface area (TPSA) is 66.6 Å². The van der Waals surface area contributed by atoms with Crippen LogP contribution in [0.5, 0.6) is 0 Å². The number of benzene rings is 1. The molecule has 1 aliphatic carbocycles. The number of carbonyl (C=O) groups excluding carboxylic acids is 2. The zero-order valence-electron chi connectivity index (χ0n) is 15.0. The van der Waals surface area contributed by atoms with Crippen LogP contribution in [0, 0.1) is 5.92 Å². The van der Waals surface area contributed by atoms with Gasteiger partial charge >= 0.3 is 0 Å². The van der Waals surface area contributed by atoms with Crippen molar-refractivity contribution < 1.29 is 9.59 Å². The molecule has 0 aromatic heterocycles. The average Bonchev–Trinajstić information content (AvgIpc) is 3.41. The summed E-state index contributed by atoms with van der Waals surface area (Å²) in [7, 11) is 0. The Labute approximate surface area is 159 Å². The summed E-state index contributed by atoms with van der Waals surface area (Å²) < 4.78 is 0.